The van der Waals surface area contributed by atoms with E-state index in [2.05, 4.69) is 32.5 Å². The summed E-state index contributed by atoms with van der Waals surface area (Å²) >= 11 is 1.58. The number of benzene rings is 1. The minimum atomic E-state index is -0.0300. The van der Waals surface area contributed by atoms with E-state index in [0.29, 0.717) is 31.1 Å². The first-order chi connectivity index (χ1) is 12.6. The Morgan fingerprint density at radius 1 is 1.19 bits per heavy atom. The zero-order chi connectivity index (χ0) is 18.4. The van der Waals surface area contributed by atoms with Crippen molar-refractivity contribution in [1.29, 1.82) is 0 Å². The van der Waals surface area contributed by atoms with Crippen LogP contribution in [-0.2, 0) is 24.3 Å². The van der Waals surface area contributed by atoms with Gasteiger partial charge in [-0.25, -0.2) is 0 Å². The van der Waals surface area contributed by atoms with Crippen LogP contribution in [0.25, 0.3) is 11.4 Å². The van der Waals surface area contributed by atoms with Gasteiger partial charge in [0.25, 0.3) is 0 Å². The second-order valence-electron chi connectivity index (χ2n) is 6.35. The average Bonchev–Trinajstić information content (AvgIpc) is 3.30. The van der Waals surface area contributed by atoms with Crippen LogP contribution in [0.15, 0.2) is 45.6 Å². The molecule has 0 unspecified atom stereocenters. The Balaban J connectivity index is 1.43. The third-order valence-electron chi connectivity index (χ3n) is 3.82. The number of thiophene rings is 1. The maximum atomic E-state index is 12.0. The molecule has 2 heterocycles. The van der Waals surface area contributed by atoms with Crippen LogP contribution >= 0.6 is 11.3 Å². The van der Waals surface area contributed by atoms with Crippen LogP contribution in [0.2, 0.25) is 0 Å². The molecule has 0 radical (unpaired) electrons. The first-order valence-electron chi connectivity index (χ1n) is 8.44. The third-order valence-corrected chi connectivity index (χ3v) is 4.51. The summed E-state index contributed by atoms with van der Waals surface area (Å²) in [5.74, 6) is 1.02. The van der Waals surface area contributed by atoms with Crippen molar-refractivity contribution in [3.8, 4) is 11.4 Å². The molecule has 0 atom stereocenters. The molecule has 1 N–H and O–H groups in total. The molecule has 7 heteroatoms. The zero-order valence-corrected chi connectivity index (χ0v) is 15.8. The van der Waals surface area contributed by atoms with Gasteiger partial charge in [-0.05, 0) is 36.7 Å². The molecule has 0 fully saturated rings. The fraction of sp³-hybridized carbons (Fsp3) is 0.316. The minimum absolute atomic E-state index is 0.0300. The number of carbonyl (C=O) groups excluding carboxylic acids is 1. The van der Waals surface area contributed by atoms with E-state index in [4.69, 9.17) is 4.52 Å². The highest BCUT2D eigenvalue weighted by Crippen LogP contribution is 2.19. The molecule has 0 bridgehead atoms. The Labute approximate surface area is 156 Å². The number of hydrogen-bond donors (Lipinski definition) is 1. The highest BCUT2D eigenvalue weighted by molar-refractivity contribution is 7.08. The first-order valence-corrected chi connectivity index (χ1v) is 9.39. The molecule has 0 aliphatic heterocycles. The lowest BCUT2D eigenvalue weighted by molar-refractivity contribution is -0.121. The van der Waals surface area contributed by atoms with Crippen LogP contribution in [-0.4, -0.2) is 35.0 Å². The lowest BCUT2D eigenvalue weighted by Gasteiger charge is -2.10. The predicted molar refractivity (Wildman–Crippen MR) is 102 cm³/mol. The van der Waals surface area contributed by atoms with Gasteiger partial charge in [0.15, 0.2) is 0 Å². The van der Waals surface area contributed by atoms with Crippen LogP contribution in [0.5, 0.6) is 0 Å². The fourth-order valence-corrected chi connectivity index (χ4v) is 3.14. The van der Waals surface area contributed by atoms with Gasteiger partial charge in [-0.2, -0.15) is 16.3 Å². The van der Waals surface area contributed by atoms with E-state index in [1.54, 1.807) is 11.3 Å². The molecular weight excluding hydrogens is 348 g/mol. The molecule has 1 aromatic carbocycles. The van der Waals surface area contributed by atoms with Crippen molar-refractivity contribution in [2.75, 3.05) is 14.1 Å². The lowest BCUT2D eigenvalue weighted by atomic mass is 10.1. The second-order valence-corrected chi connectivity index (χ2v) is 7.13. The number of nitrogens with one attached hydrogen (secondary N) is 1. The van der Waals surface area contributed by atoms with E-state index in [9.17, 15) is 4.79 Å². The Hall–Kier alpha value is -2.51. The molecule has 0 saturated carbocycles. The molecule has 136 valence electrons. The Morgan fingerprint density at radius 2 is 1.96 bits per heavy atom. The van der Waals surface area contributed by atoms with Gasteiger partial charge in [0, 0.05) is 36.9 Å². The summed E-state index contributed by atoms with van der Waals surface area (Å²) in [5.41, 5.74) is 3.27. The van der Waals surface area contributed by atoms with E-state index in [0.717, 1.165) is 17.7 Å². The van der Waals surface area contributed by atoms with Crippen LogP contribution in [0.4, 0.5) is 0 Å². The SMILES string of the molecule is CN(C)Cc1ccc(CNC(=O)CCc2nc(-c3ccsc3)no2)cc1. The van der Waals surface area contributed by atoms with Crippen molar-refractivity contribution >= 4 is 17.2 Å². The van der Waals surface area contributed by atoms with E-state index in [-0.39, 0.29) is 5.91 Å². The molecule has 6 nitrogen and oxygen atoms in total. The monoisotopic (exact) mass is 370 g/mol. The Kier molecular flexibility index (Phi) is 6.14. The normalized spacial score (nSPS) is 11.0. The van der Waals surface area contributed by atoms with E-state index < -0.39 is 0 Å². The summed E-state index contributed by atoms with van der Waals surface area (Å²) in [6, 6.07) is 10.2. The van der Waals surface area contributed by atoms with Crippen molar-refractivity contribution in [2.45, 2.75) is 25.9 Å². The predicted octanol–water partition coefficient (Wildman–Crippen LogP) is 3.11. The van der Waals surface area contributed by atoms with Gasteiger partial charge in [0.1, 0.15) is 0 Å². The average molecular weight is 370 g/mol. The molecule has 26 heavy (non-hydrogen) atoms. The Morgan fingerprint density at radius 3 is 2.65 bits per heavy atom. The smallest absolute Gasteiger partial charge is 0.227 e. The second kappa shape index (κ2) is 8.73. The maximum absolute atomic E-state index is 12.0. The highest BCUT2D eigenvalue weighted by atomic mass is 32.1. The van der Waals surface area contributed by atoms with Crippen LogP contribution in [0.3, 0.4) is 0 Å². The first kappa shape index (κ1) is 18.3. The number of aromatic nitrogens is 2. The van der Waals surface area contributed by atoms with Crippen molar-refractivity contribution in [1.82, 2.24) is 20.4 Å². The number of amides is 1. The summed E-state index contributed by atoms with van der Waals surface area (Å²) in [6.45, 7) is 1.43. The van der Waals surface area contributed by atoms with Gasteiger partial charge in [0.2, 0.25) is 17.6 Å². The van der Waals surface area contributed by atoms with E-state index in [1.165, 1.54) is 5.56 Å². The number of carbonyl (C=O) groups is 1. The quantitative estimate of drug-likeness (QED) is 0.660. The van der Waals surface area contributed by atoms with Gasteiger partial charge < -0.3 is 14.7 Å². The molecule has 0 saturated heterocycles. The molecular formula is C19H22N4O2S. The number of rotatable bonds is 8. The van der Waals surface area contributed by atoms with Crippen LogP contribution < -0.4 is 5.32 Å². The summed E-state index contributed by atoms with van der Waals surface area (Å²) in [4.78, 5) is 18.5. The molecule has 2 aromatic heterocycles. The molecule has 0 aliphatic rings. The summed E-state index contributed by atoms with van der Waals surface area (Å²) in [5, 5.41) is 10.8. The van der Waals surface area contributed by atoms with Gasteiger partial charge in [-0.15, -0.1) is 0 Å². The maximum Gasteiger partial charge on any atom is 0.227 e. The molecule has 3 rings (SSSR count). The molecule has 3 aromatic rings. The van der Waals surface area contributed by atoms with Crippen LogP contribution in [0, 0.1) is 0 Å². The van der Waals surface area contributed by atoms with Crippen LogP contribution in [0.1, 0.15) is 23.4 Å². The van der Waals surface area contributed by atoms with Gasteiger partial charge in [0.05, 0.1) is 0 Å². The van der Waals surface area contributed by atoms with Gasteiger partial charge >= 0.3 is 0 Å². The van der Waals surface area contributed by atoms with Gasteiger partial charge in [-0.1, -0.05) is 29.4 Å². The molecule has 0 aliphatic carbocycles. The topological polar surface area (TPSA) is 71.3 Å². The zero-order valence-electron chi connectivity index (χ0n) is 14.9. The van der Waals surface area contributed by atoms with Crippen molar-refractivity contribution in [3.05, 3.63) is 58.1 Å². The lowest BCUT2D eigenvalue weighted by Crippen LogP contribution is -2.23. The highest BCUT2D eigenvalue weighted by Gasteiger charge is 2.11. The standard InChI is InChI=1S/C19H22N4O2S/c1-23(2)12-15-5-3-14(4-6-15)11-20-17(24)7-8-18-21-19(22-25-18)16-9-10-26-13-16/h3-6,9-10,13H,7-8,11-12H2,1-2H3,(H,20,24). The van der Waals surface area contributed by atoms with E-state index >= 15 is 0 Å². The van der Waals surface area contributed by atoms with E-state index in [1.807, 2.05) is 43.1 Å². The summed E-state index contributed by atoms with van der Waals surface area (Å²) in [7, 11) is 4.09. The van der Waals surface area contributed by atoms with Crippen molar-refractivity contribution in [3.63, 3.8) is 0 Å². The van der Waals surface area contributed by atoms with Gasteiger partial charge in [-0.3, -0.25) is 4.79 Å². The number of aryl methyl sites for hydroxylation is 1. The van der Waals surface area contributed by atoms with Crippen molar-refractivity contribution < 1.29 is 9.32 Å². The molecule has 1 amide bonds. The summed E-state index contributed by atoms with van der Waals surface area (Å²) in [6.07, 6.45) is 0.759. The number of hydrogen-bond acceptors (Lipinski definition) is 6. The molecule has 0 spiro atoms. The van der Waals surface area contributed by atoms with Crippen molar-refractivity contribution in [2.24, 2.45) is 0 Å². The third kappa shape index (κ3) is 5.24. The fourth-order valence-electron chi connectivity index (χ4n) is 2.50. The largest absolute Gasteiger partial charge is 0.352 e. The number of nitrogens with zero attached hydrogens (tertiary/aromatic N) is 3. The minimum Gasteiger partial charge on any atom is -0.352 e. The summed E-state index contributed by atoms with van der Waals surface area (Å²) < 4.78 is 5.21. The Bertz CT molecular complexity index is 826.